The van der Waals surface area contributed by atoms with E-state index in [1.807, 2.05) is 12.4 Å². The average Bonchev–Trinajstić information content (AvgIpc) is 3.16. The lowest BCUT2D eigenvalue weighted by Gasteiger charge is -2.27. The molecule has 1 N–H and O–H groups in total. The SMILES string of the molecule is c1ccc(C2CCCN2c2ccnc3[nH]ncc23)cc1. The number of nitrogens with zero attached hydrogens (tertiary/aromatic N) is 3. The highest BCUT2D eigenvalue weighted by atomic mass is 15.2. The highest BCUT2D eigenvalue weighted by Crippen LogP contribution is 2.38. The van der Waals surface area contributed by atoms with Crippen molar-refractivity contribution in [3.05, 3.63) is 54.4 Å². The number of aromatic nitrogens is 3. The molecule has 1 unspecified atom stereocenters. The van der Waals surface area contributed by atoms with Gasteiger partial charge in [-0.25, -0.2) is 4.98 Å². The molecular weight excluding hydrogens is 248 g/mol. The van der Waals surface area contributed by atoms with Crippen LogP contribution in [0.3, 0.4) is 0 Å². The first kappa shape index (κ1) is 11.5. The maximum atomic E-state index is 4.33. The second kappa shape index (κ2) is 4.63. The van der Waals surface area contributed by atoms with Crippen LogP contribution in [-0.4, -0.2) is 21.7 Å². The molecule has 0 bridgehead atoms. The molecule has 1 aliphatic rings. The van der Waals surface area contributed by atoms with E-state index in [0.29, 0.717) is 6.04 Å². The highest BCUT2D eigenvalue weighted by Gasteiger charge is 2.27. The lowest BCUT2D eigenvalue weighted by molar-refractivity contribution is 0.721. The molecule has 1 aliphatic heterocycles. The second-order valence-corrected chi connectivity index (χ2v) is 5.22. The van der Waals surface area contributed by atoms with Crippen LogP contribution in [-0.2, 0) is 0 Å². The quantitative estimate of drug-likeness (QED) is 0.772. The van der Waals surface area contributed by atoms with Crippen LogP contribution in [0.1, 0.15) is 24.4 Å². The summed E-state index contributed by atoms with van der Waals surface area (Å²) in [5, 5.41) is 8.17. The zero-order chi connectivity index (χ0) is 13.4. The summed E-state index contributed by atoms with van der Waals surface area (Å²) in [6.07, 6.45) is 6.15. The summed E-state index contributed by atoms with van der Waals surface area (Å²) in [5.74, 6) is 0. The predicted octanol–water partition coefficient (Wildman–Crippen LogP) is 3.30. The summed E-state index contributed by atoms with van der Waals surface area (Å²) >= 11 is 0. The van der Waals surface area contributed by atoms with Crippen molar-refractivity contribution in [2.75, 3.05) is 11.4 Å². The van der Waals surface area contributed by atoms with Crippen LogP contribution < -0.4 is 4.90 Å². The van der Waals surface area contributed by atoms with Gasteiger partial charge in [-0.15, -0.1) is 0 Å². The van der Waals surface area contributed by atoms with E-state index in [9.17, 15) is 0 Å². The van der Waals surface area contributed by atoms with E-state index in [2.05, 4.69) is 56.5 Å². The fourth-order valence-electron chi connectivity index (χ4n) is 3.16. The number of aromatic amines is 1. The molecule has 0 saturated carbocycles. The number of benzene rings is 1. The van der Waals surface area contributed by atoms with E-state index in [4.69, 9.17) is 0 Å². The van der Waals surface area contributed by atoms with Crippen LogP contribution in [0.15, 0.2) is 48.8 Å². The van der Waals surface area contributed by atoms with Crippen molar-refractivity contribution in [3.63, 3.8) is 0 Å². The van der Waals surface area contributed by atoms with E-state index in [1.165, 1.54) is 24.1 Å². The van der Waals surface area contributed by atoms with Crippen LogP contribution in [0.25, 0.3) is 11.0 Å². The molecule has 1 atom stereocenters. The number of hydrogen-bond acceptors (Lipinski definition) is 3. The van der Waals surface area contributed by atoms with Gasteiger partial charge in [0, 0.05) is 12.7 Å². The fraction of sp³-hybridized carbons (Fsp3) is 0.250. The monoisotopic (exact) mass is 264 g/mol. The van der Waals surface area contributed by atoms with Gasteiger partial charge in [0.2, 0.25) is 0 Å². The lowest BCUT2D eigenvalue weighted by Crippen LogP contribution is -2.22. The third-order valence-corrected chi connectivity index (χ3v) is 4.08. The van der Waals surface area contributed by atoms with Crippen LogP contribution >= 0.6 is 0 Å². The van der Waals surface area contributed by atoms with Gasteiger partial charge in [-0.1, -0.05) is 30.3 Å². The smallest absolute Gasteiger partial charge is 0.157 e. The Balaban J connectivity index is 1.79. The van der Waals surface area contributed by atoms with Crippen LogP contribution in [0.5, 0.6) is 0 Å². The van der Waals surface area contributed by atoms with Crippen molar-refractivity contribution in [1.29, 1.82) is 0 Å². The summed E-state index contributed by atoms with van der Waals surface area (Å²) < 4.78 is 0. The molecule has 4 rings (SSSR count). The average molecular weight is 264 g/mol. The number of anilines is 1. The van der Waals surface area contributed by atoms with Gasteiger partial charge in [0.15, 0.2) is 5.65 Å². The molecule has 0 radical (unpaired) electrons. The van der Waals surface area contributed by atoms with Gasteiger partial charge in [-0.3, -0.25) is 5.10 Å². The van der Waals surface area contributed by atoms with Crippen molar-refractivity contribution in [1.82, 2.24) is 15.2 Å². The summed E-state index contributed by atoms with van der Waals surface area (Å²) in [4.78, 5) is 6.81. The Kier molecular flexibility index (Phi) is 2.66. The molecule has 1 aromatic carbocycles. The van der Waals surface area contributed by atoms with Crippen LogP contribution in [0.4, 0.5) is 5.69 Å². The summed E-state index contributed by atoms with van der Waals surface area (Å²) in [7, 11) is 0. The predicted molar refractivity (Wildman–Crippen MR) is 79.7 cm³/mol. The Morgan fingerprint density at radius 1 is 1.15 bits per heavy atom. The maximum Gasteiger partial charge on any atom is 0.157 e. The minimum Gasteiger partial charge on any atom is -0.364 e. The first-order valence-corrected chi connectivity index (χ1v) is 7.03. The molecule has 0 amide bonds. The summed E-state index contributed by atoms with van der Waals surface area (Å²) in [6, 6.07) is 13.3. The molecule has 0 aliphatic carbocycles. The Labute approximate surface area is 117 Å². The molecule has 2 aromatic heterocycles. The highest BCUT2D eigenvalue weighted by molar-refractivity contribution is 5.89. The molecule has 3 aromatic rings. The standard InChI is InChI=1S/C16H16N4/c1-2-5-12(6-3-1)14-7-4-10-20(14)15-8-9-17-16-13(15)11-18-19-16/h1-3,5-6,8-9,11,14H,4,7,10H2,(H,17,18,19). The van der Waals surface area contributed by atoms with E-state index in [0.717, 1.165) is 17.6 Å². The van der Waals surface area contributed by atoms with E-state index < -0.39 is 0 Å². The zero-order valence-corrected chi connectivity index (χ0v) is 11.2. The van der Waals surface area contributed by atoms with Gasteiger partial charge >= 0.3 is 0 Å². The van der Waals surface area contributed by atoms with Crippen molar-refractivity contribution in [2.45, 2.75) is 18.9 Å². The Morgan fingerprint density at radius 2 is 2.05 bits per heavy atom. The zero-order valence-electron chi connectivity index (χ0n) is 11.2. The molecule has 100 valence electrons. The minimum absolute atomic E-state index is 0.455. The van der Waals surface area contributed by atoms with Gasteiger partial charge in [0.25, 0.3) is 0 Å². The van der Waals surface area contributed by atoms with Gasteiger partial charge in [0.05, 0.1) is 23.3 Å². The Morgan fingerprint density at radius 3 is 2.95 bits per heavy atom. The van der Waals surface area contributed by atoms with Crippen molar-refractivity contribution < 1.29 is 0 Å². The number of pyridine rings is 1. The van der Waals surface area contributed by atoms with Crippen molar-refractivity contribution in [3.8, 4) is 0 Å². The van der Waals surface area contributed by atoms with Crippen LogP contribution in [0, 0.1) is 0 Å². The topological polar surface area (TPSA) is 44.8 Å². The number of H-pyrrole nitrogens is 1. The van der Waals surface area contributed by atoms with E-state index in [-0.39, 0.29) is 0 Å². The lowest BCUT2D eigenvalue weighted by atomic mass is 10.0. The van der Waals surface area contributed by atoms with Crippen molar-refractivity contribution >= 4 is 16.7 Å². The van der Waals surface area contributed by atoms with Gasteiger partial charge in [0.1, 0.15) is 0 Å². The molecule has 20 heavy (non-hydrogen) atoms. The normalized spacial score (nSPS) is 18.8. The number of hydrogen-bond donors (Lipinski definition) is 1. The van der Waals surface area contributed by atoms with Gasteiger partial charge in [-0.2, -0.15) is 5.10 Å². The summed E-state index contributed by atoms with van der Waals surface area (Å²) in [6.45, 7) is 1.09. The minimum atomic E-state index is 0.455. The second-order valence-electron chi connectivity index (χ2n) is 5.22. The summed E-state index contributed by atoms with van der Waals surface area (Å²) in [5.41, 5.74) is 3.48. The largest absolute Gasteiger partial charge is 0.364 e. The number of fused-ring (bicyclic) bond motifs is 1. The molecule has 4 heteroatoms. The molecule has 3 heterocycles. The fourth-order valence-corrected chi connectivity index (χ4v) is 3.16. The van der Waals surface area contributed by atoms with Gasteiger partial charge in [-0.05, 0) is 24.5 Å². The van der Waals surface area contributed by atoms with Crippen LogP contribution in [0.2, 0.25) is 0 Å². The first-order valence-electron chi connectivity index (χ1n) is 7.03. The first-order chi connectivity index (χ1) is 9.93. The molecule has 4 nitrogen and oxygen atoms in total. The molecular formula is C16H16N4. The molecule has 1 fully saturated rings. The third kappa shape index (κ3) is 1.76. The molecule has 0 spiro atoms. The Hall–Kier alpha value is -2.36. The van der Waals surface area contributed by atoms with E-state index in [1.54, 1.807) is 0 Å². The maximum absolute atomic E-state index is 4.33. The molecule has 1 saturated heterocycles. The Bertz CT molecular complexity index is 719. The van der Waals surface area contributed by atoms with E-state index >= 15 is 0 Å². The van der Waals surface area contributed by atoms with Gasteiger partial charge < -0.3 is 4.90 Å². The number of rotatable bonds is 2. The third-order valence-electron chi connectivity index (χ3n) is 4.08. The number of nitrogens with one attached hydrogen (secondary N) is 1. The van der Waals surface area contributed by atoms with Crippen molar-refractivity contribution in [2.24, 2.45) is 0 Å².